The van der Waals surface area contributed by atoms with Gasteiger partial charge in [0.1, 0.15) is 13.2 Å². The molecule has 2 amide bonds. The molecule has 0 saturated heterocycles. The van der Waals surface area contributed by atoms with Gasteiger partial charge in [-0.15, -0.1) is 0 Å². The van der Waals surface area contributed by atoms with E-state index >= 15 is 0 Å². The average molecular weight is 555 g/mol. The average Bonchev–Trinajstić information content (AvgIpc) is 3.01. The minimum absolute atomic E-state index is 0.0504. The van der Waals surface area contributed by atoms with Crippen molar-refractivity contribution in [3.63, 3.8) is 0 Å². The first-order chi connectivity index (χ1) is 20.0. The molecule has 0 aliphatic heterocycles. The number of pyridine rings is 2. The van der Waals surface area contributed by atoms with Gasteiger partial charge in [0.05, 0.1) is 12.1 Å². The van der Waals surface area contributed by atoms with Crippen molar-refractivity contribution in [3.05, 3.63) is 132 Å². The second kappa shape index (κ2) is 15.7. The number of ether oxygens (including phenoxy) is 2. The van der Waals surface area contributed by atoms with Gasteiger partial charge in [-0.3, -0.25) is 9.97 Å². The first kappa shape index (κ1) is 29.2. The van der Waals surface area contributed by atoms with Gasteiger partial charge >= 0.3 is 12.2 Å². The van der Waals surface area contributed by atoms with Gasteiger partial charge in [-0.25, -0.2) is 9.59 Å². The third-order valence-electron chi connectivity index (χ3n) is 6.42. The van der Waals surface area contributed by atoms with Crippen molar-refractivity contribution in [3.8, 4) is 0 Å². The van der Waals surface area contributed by atoms with E-state index in [1.807, 2.05) is 72.8 Å². The van der Waals surface area contributed by atoms with Crippen LogP contribution in [-0.2, 0) is 35.5 Å². The van der Waals surface area contributed by atoms with Crippen LogP contribution in [0.25, 0.3) is 0 Å². The zero-order valence-corrected chi connectivity index (χ0v) is 22.6. The molecule has 0 fully saturated rings. The number of carbonyl (C=O) groups is 2. The van der Waals surface area contributed by atoms with Crippen LogP contribution in [0.2, 0.25) is 0 Å². The summed E-state index contributed by atoms with van der Waals surface area (Å²) in [7, 11) is 0. The zero-order valence-electron chi connectivity index (χ0n) is 22.6. The molecule has 3 atom stereocenters. The third-order valence-corrected chi connectivity index (χ3v) is 6.42. The maximum Gasteiger partial charge on any atom is 0.407 e. The van der Waals surface area contributed by atoms with Gasteiger partial charge in [-0.1, -0.05) is 72.8 Å². The minimum Gasteiger partial charge on any atom is -0.445 e. The van der Waals surface area contributed by atoms with Crippen LogP contribution in [0.5, 0.6) is 0 Å². The van der Waals surface area contributed by atoms with Gasteiger partial charge in [-0.2, -0.15) is 0 Å². The van der Waals surface area contributed by atoms with Crippen LogP contribution in [0, 0.1) is 0 Å². The van der Waals surface area contributed by atoms with E-state index in [1.165, 1.54) is 0 Å². The molecule has 41 heavy (non-hydrogen) atoms. The summed E-state index contributed by atoms with van der Waals surface area (Å²) in [5, 5.41) is 17.1. The fraction of sp³-hybridized carbons (Fsp3) is 0.250. The normalized spacial score (nSPS) is 12.9. The number of alkyl carbamates (subject to hydrolysis) is 2. The van der Waals surface area contributed by atoms with E-state index in [4.69, 9.17) is 9.47 Å². The number of hydrogen-bond acceptors (Lipinski definition) is 7. The highest BCUT2D eigenvalue weighted by Gasteiger charge is 2.27. The van der Waals surface area contributed by atoms with E-state index < -0.39 is 30.4 Å². The summed E-state index contributed by atoms with van der Waals surface area (Å²) in [6, 6.07) is 25.2. The summed E-state index contributed by atoms with van der Waals surface area (Å²) in [4.78, 5) is 33.5. The Morgan fingerprint density at radius 1 is 0.659 bits per heavy atom. The third kappa shape index (κ3) is 10.4. The molecular weight excluding hydrogens is 520 g/mol. The van der Waals surface area contributed by atoms with Gasteiger partial charge in [-0.05, 0) is 42.5 Å². The number of benzene rings is 2. The number of amides is 2. The van der Waals surface area contributed by atoms with Crippen LogP contribution in [0.1, 0.15) is 28.7 Å². The van der Waals surface area contributed by atoms with Crippen LogP contribution in [0.4, 0.5) is 9.59 Å². The lowest BCUT2D eigenvalue weighted by Gasteiger charge is -2.28. The standard InChI is InChI=1S/C32H34N4O5/c37-30(29(18-25-11-5-2-6-12-25)36-32(39)41-23-27-14-8-16-34-21-27)19-28(17-24-9-3-1-4-10-24)35-31(38)40-22-26-13-7-15-33-20-26/h1-16,20-21,28-30,37H,17-19,22-23H2,(H,35,38)(H,36,39)/t28-,29+,30+/m1/s1. The fourth-order valence-corrected chi connectivity index (χ4v) is 4.37. The van der Waals surface area contributed by atoms with Crippen molar-refractivity contribution in [1.29, 1.82) is 0 Å². The summed E-state index contributed by atoms with van der Waals surface area (Å²) < 4.78 is 10.8. The molecule has 2 aromatic carbocycles. The van der Waals surface area contributed by atoms with Crippen molar-refractivity contribution >= 4 is 12.2 Å². The van der Waals surface area contributed by atoms with Crippen LogP contribution < -0.4 is 10.6 Å². The largest absolute Gasteiger partial charge is 0.445 e. The molecule has 2 aromatic heterocycles. The lowest BCUT2D eigenvalue weighted by atomic mass is 9.94. The van der Waals surface area contributed by atoms with Gasteiger partial charge in [0.25, 0.3) is 0 Å². The van der Waals surface area contributed by atoms with Crippen LogP contribution >= 0.6 is 0 Å². The number of carbonyl (C=O) groups excluding carboxylic acids is 2. The number of nitrogens with one attached hydrogen (secondary N) is 2. The molecule has 4 aromatic rings. The van der Waals surface area contributed by atoms with E-state index in [1.54, 1.807) is 36.9 Å². The first-order valence-electron chi connectivity index (χ1n) is 13.5. The Morgan fingerprint density at radius 2 is 1.15 bits per heavy atom. The highest BCUT2D eigenvalue weighted by atomic mass is 16.6. The molecule has 4 rings (SSSR count). The second-order valence-electron chi connectivity index (χ2n) is 9.65. The number of nitrogens with zero attached hydrogens (tertiary/aromatic N) is 2. The van der Waals surface area contributed by atoms with E-state index in [-0.39, 0.29) is 19.6 Å². The molecule has 0 spiro atoms. The van der Waals surface area contributed by atoms with Gasteiger partial charge < -0.3 is 25.2 Å². The molecule has 3 N–H and O–H groups in total. The molecule has 0 saturated carbocycles. The summed E-state index contributed by atoms with van der Waals surface area (Å²) in [6.45, 7) is 0.121. The minimum atomic E-state index is -1.01. The Kier molecular flexibility index (Phi) is 11.2. The molecule has 0 aliphatic carbocycles. The quantitative estimate of drug-likeness (QED) is 0.221. The summed E-state index contributed by atoms with van der Waals surface area (Å²) in [5.74, 6) is 0. The smallest absolute Gasteiger partial charge is 0.407 e. The Morgan fingerprint density at radius 3 is 1.66 bits per heavy atom. The molecule has 0 radical (unpaired) electrons. The van der Waals surface area contributed by atoms with Crippen LogP contribution in [0.3, 0.4) is 0 Å². The van der Waals surface area contributed by atoms with Crippen LogP contribution in [0.15, 0.2) is 110 Å². The van der Waals surface area contributed by atoms with Crippen molar-refractivity contribution in [2.75, 3.05) is 0 Å². The topological polar surface area (TPSA) is 123 Å². The van der Waals surface area contributed by atoms with E-state index in [0.717, 1.165) is 22.3 Å². The van der Waals surface area contributed by atoms with Crippen molar-refractivity contribution < 1.29 is 24.2 Å². The number of aliphatic hydroxyl groups excluding tert-OH is 1. The van der Waals surface area contributed by atoms with Crippen molar-refractivity contribution in [1.82, 2.24) is 20.6 Å². The van der Waals surface area contributed by atoms with Gasteiger partial charge in [0.15, 0.2) is 0 Å². The predicted octanol–water partition coefficient (Wildman–Crippen LogP) is 4.60. The van der Waals surface area contributed by atoms with Gasteiger partial charge in [0.2, 0.25) is 0 Å². The van der Waals surface area contributed by atoms with Crippen molar-refractivity contribution in [2.45, 2.75) is 50.7 Å². The highest BCUT2D eigenvalue weighted by Crippen LogP contribution is 2.15. The number of rotatable bonds is 13. The lowest BCUT2D eigenvalue weighted by Crippen LogP contribution is -2.48. The Bertz CT molecular complexity index is 1330. The molecule has 0 aliphatic rings. The second-order valence-corrected chi connectivity index (χ2v) is 9.65. The van der Waals surface area contributed by atoms with E-state index in [0.29, 0.717) is 12.8 Å². The summed E-state index contributed by atoms with van der Waals surface area (Å²) in [6.07, 6.45) is 5.27. The monoisotopic (exact) mass is 554 g/mol. The molecular formula is C32H34N4O5. The molecule has 9 nitrogen and oxygen atoms in total. The predicted molar refractivity (Wildman–Crippen MR) is 154 cm³/mol. The summed E-state index contributed by atoms with van der Waals surface area (Å²) >= 11 is 0. The Labute approximate surface area is 239 Å². The number of aliphatic hydroxyl groups is 1. The fourth-order valence-electron chi connectivity index (χ4n) is 4.37. The Hall–Kier alpha value is -4.76. The molecule has 0 unspecified atom stereocenters. The van der Waals surface area contributed by atoms with Gasteiger partial charge in [0, 0.05) is 42.0 Å². The number of hydrogen-bond donors (Lipinski definition) is 3. The zero-order chi connectivity index (χ0) is 28.7. The van der Waals surface area contributed by atoms with Crippen molar-refractivity contribution in [2.24, 2.45) is 0 Å². The molecule has 212 valence electrons. The molecule has 2 heterocycles. The van der Waals surface area contributed by atoms with E-state index in [2.05, 4.69) is 20.6 Å². The summed E-state index contributed by atoms with van der Waals surface area (Å²) in [5.41, 5.74) is 3.44. The number of aromatic nitrogens is 2. The first-order valence-corrected chi connectivity index (χ1v) is 13.5. The SMILES string of the molecule is O=C(N[C@H](Cc1ccccc1)C[C@H](O)[C@H](Cc1ccccc1)NC(=O)OCc1cccnc1)OCc1cccnc1. The lowest BCUT2D eigenvalue weighted by molar-refractivity contribution is 0.0860. The maximum atomic E-state index is 12.7. The van der Waals surface area contributed by atoms with E-state index in [9.17, 15) is 14.7 Å². The van der Waals surface area contributed by atoms with Crippen LogP contribution in [-0.4, -0.2) is 45.4 Å². The maximum absolute atomic E-state index is 12.7. The highest BCUT2D eigenvalue weighted by molar-refractivity contribution is 5.68. The molecule has 0 bridgehead atoms. The Balaban J connectivity index is 1.43. The molecule has 9 heteroatoms.